The number of amides is 2. The van der Waals surface area contributed by atoms with Crippen LogP contribution >= 0.6 is 0 Å². The number of benzene rings is 1. The lowest BCUT2D eigenvalue weighted by atomic mass is 9.85. The number of carbonyl (C=O) groups is 1. The summed E-state index contributed by atoms with van der Waals surface area (Å²) in [6.07, 6.45) is 5.25. The van der Waals surface area contributed by atoms with Gasteiger partial charge in [-0.15, -0.1) is 0 Å². The summed E-state index contributed by atoms with van der Waals surface area (Å²) in [6, 6.07) is 7.18. The molecule has 4 unspecified atom stereocenters. The summed E-state index contributed by atoms with van der Waals surface area (Å²) in [4.78, 5) is 12.1. The molecule has 0 radical (unpaired) electrons. The number of fused-ring (bicyclic) bond motifs is 2. The molecule has 2 fully saturated rings. The predicted molar refractivity (Wildman–Crippen MR) is 88.2 cm³/mol. The molecule has 1 aromatic carbocycles. The average Bonchev–Trinajstić information content (AvgIpc) is 3.14. The smallest absolute Gasteiger partial charge is 0.315 e. The second kappa shape index (κ2) is 7.21. The fourth-order valence-electron chi connectivity index (χ4n) is 4.26. The highest BCUT2D eigenvalue weighted by Crippen LogP contribution is 2.48. The van der Waals surface area contributed by atoms with Crippen LogP contribution in [0.4, 0.5) is 4.79 Å². The summed E-state index contributed by atoms with van der Waals surface area (Å²) in [6.45, 7) is 0.796. The van der Waals surface area contributed by atoms with E-state index < -0.39 is 0 Å². The molecule has 0 aliphatic heterocycles. The highest BCUT2D eigenvalue weighted by atomic mass is 16.3. The van der Waals surface area contributed by atoms with E-state index in [-0.39, 0.29) is 30.3 Å². The van der Waals surface area contributed by atoms with Gasteiger partial charge in [0.25, 0.3) is 0 Å². The number of aliphatic hydroxyl groups is 1. The molecule has 5 heteroatoms. The lowest BCUT2D eigenvalue weighted by molar-refractivity contribution is 0.144. The van der Waals surface area contributed by atoms with Crippen LogP contribution in [0.15, 0.2) is 24.3 Å². The third-order valence-corrected chi connectivity index (χ3v) is 5.46. The Morgan fingerprint density at radius 3 is 2.65 bits per heavy atom. The van der Waals surface area contributed by atoms with Crippen LogP contribution < -0.4 is 10.6 Å². The number of nitrogens with one attached hydrogen (secondary N) is 2. The van der Waals surface area contributed by atoms with E-state index in [0.717, 1.165) is 24.8 Å². The maximum Gasteiger partial charge on any atom is 0.315 e. The van der Waals surface area contributed by atoms with Gasteiger partial charge in [-0.05, 0) is 61.6 Å². The quantitative estimate of drug-likeness (QED) is 0.606. The van der Waals surface area contributed by atoms with E-state index >= 15 is 0 Å². The van der Waals surface area contributed by atoms with Crippen LogP contribution in [0.2, 0.25) is 0 Å². The molecule has 1 aromatic rings. The highest BCUT2D eigenvalue weighted by Gasteiger charge is 2.47. The number of rotatable bonds is 6. The summed E-state index contributed by atoms with van der Waals surface area (Å²) >= 11 is 0. The summed E-state index contributed by atoms with van der Waals surface area (Å²) in [7, 11) is 0. The average molecular weight is 318 g/mol. The molecule has 2 aliphatic rings. The summed E-state index contributed by atoms with van der Waals surface area (Å²) in [5.41, 5.74) is 1.15. The number of phenols is 1. The molecule has 2 aliphatic carbocycles. The van der Waals surface area contributed by atoms with Crippen LogP contribution in [0.1, 0.15) is 31.2 Å². The van der Waals surface area contributed by atoms with E-state index in [1.54, 1.807) is 12.1 Å². The molecule has 0 aromatic heterocycles. The lowest BCUT2D eigenvalue weighted by Crippen LogP contribution is -2.49. The van der Waals surface area contributed by atoms with Gasteiger partial charge in [0.2, 0.25) is 0 Å². The zero-order valence-electron chi connectivity index (χ0n) is 13.4. The second-order valence-corrected chi connectivity index (χ2v) is 6.88. The van der Waals surface area contributed by atoms with Crippen molar-refractivity contribution < 1.29 is 15.0 Å². The number of carbonyl (C=O) groups excluding carboxylic acids is 1. The van der Waals surface area contributed by atoms with Crippen molar-refractivity contribution in [2.45, 2.75) is 38.1 Å². The Hall–Kier alpha value is -1.75. The molecule has 0 spiro atoms. The van der Waals surface area contributed by atoms with E-state index in [2.05, 4.69) is 10.6 Å². The van der Waals surface area contributed by atoms with E-state index in [0.29, 0.717) is 18.4 Å². The van der Waals surface area contributed by atoms with Crippen molar-refractivity contribution in [1.82, 2.24) is 10.6 Å². The van der Waals surface area contributed by atoms with E-state index in [1.807, 2.05) is 12.1 Å². The largest absolute Gasteiger partial charge is 0.508 e. The van der Waals surface area contributed by atoms with Gasteiger partial charge >= 0.3 is 6.03 Å². The summed E-state index contributed by atoms with van der Waals surface area (Å²) < 4.78 is 0. The monoisotopic (exact) mass is 318 g/mol. The Morgan fingerprint density at radius 1 is 1.17 bits per heavy atom. The number of aryl methyl sites for hydroxylation is 1. The first kappa shape index (κ1) is 16.1. The molecular weight excluding hydrogens is 292 g/mol. The predicted octanol–water partition coefficient (Wildman–Crippen LogP) is 2.03. The summed E-state index contributed by atoms with van der Waals surface area (Å²) in [5.74, 6) is 1.64. The second-order valence-electron chi connectivity index (χ2n) is 6.88. The minimum absolute atomic E-state index is 0.119. The summed E-state index contributed by atoms with van der Waals surface area (Å²) in [5, 5.41) is 24.8. The van der Waals surface area contributed by atoms with Crippen molar-refractivity contribution >= 4 is 6.03 Å². The zero-order valence-corrected chi connectivity index (χ0v) is 13.4. The molecule has 4 atom stereocenters. The first-order valence-corrected chi connectivity index (χ1v) is 8.60. The molecule has 0 heterocycles. The van der Waals surface area contributed by atoms with Crippen molar-refractivity contribution in [2.24, 2.45) is 17.8 Å². The molecule has 2 bridgehead atoms. The molecule has 0 saturated heterocycles. The van der Waals surface area contributed by atoms with Crippen LogP contribution in [0.3, 0.4) is 0 Å². The zero-order chi connectivity index (χ0) is 16.2. The van der Waals surface area contributed by atoms with Gasteiger partial charge in [-0.1, -0.05) is 12.1 Å². The maximum absolute atomic E-state index is 12.1. The van der Waals surface area contributed by atoms with Crippen LogP contribution in [0, 0.1) is 17.8 Å². The topological polar surface area (TPSA) is 81.6 Å². The third-order valence-electron chi connectivity index (χ3n) is 5.46. The Morgan fingerprint density at radius 2 is 1.91 bits per heavy atom. The molecule has 2 saturated carbocycles. The molecule has 5 nitrogen and oxygen atoms in total. The van der Waals surface area contributed by atoms with Crippen LogP contribution in [0.5, 0.6) is 5.75 Å². The minimum Gasteiger partial charge on any atom is -0.508 e. The van der Waals surface area contributed by atoms with Gasteiger partial charge in [0, 0.05) is 25.1 Å². The van der Waals surface area contributed by atoms with Gasteiger partial charge in [0.15, 0.2) is 0 Å². The highest BCUT2D eigenvalue weighted by molar-refractivity contribution is 5.74. The molecule has 3 rings (SSSR count). The molecule has 23 heavy (non-hydrogen) atoms. The van der Waals surface area contributed by atoms with Gasteiger partial charge in [-0.3, -0.25) is 0 Å². The van der Waals surface area contributed by atoms with Crippen LogP contribution in [-0.2, 0) is 6.42 Å². The molecule has 2 amide bonds. The van der Waals surface area contributed by atoms with Crippen molar-refractivity contribution in [3.63, 3.8) is 0 Å². The van der Waals surface area contributed by atoms with E-state index in [4.69, 9.17) is 0 Å². The SMILES string of the molecule is O=C(NCCCc1ccc(O)cc1)NC1C2CCC(C2)C1CO. The number of aliphatic hydroxyl groups excluding tert-OH is 1. The first-order chi connectivity index (χ1) is 11.2. The molecule has 4 N–H and O–H groups in total. The van der Waals surface area contributed by atoms with Gasteiger partial charge in [0.05, 0.1) is 0 Å². The number of hydrogen-bond donors (Lipinski definition) is 4. The van der Waals surface area contributed by atoms with Crippen LogP contribution in [0.25, 0.3) is 0 Å². The number of urea groups is 1. The maximum atomic E-state index is 12.1. The Bertz CT molecular complexity index is 532. The van der Waals surface area contributed by atoms with E-state index in [1.165, 1.54) is 12.8 Å². The number of phenolic OH excluding ortho intramolecular Hbond substituents is 1. The van der Waals surface area contributed by atoms with Crippen molar-refractivity contribution in [1.29, 1.82) is 0 Å². The van der Waals surface area contributed by atoms with Gasteiger partial charge in [-0.25, -0.2) is 4.79 Å². The number of aromatic hydroxyl groups is 1. The Kier molecular flexibility index (Phi) is 5.06. The Balaban J connectivity index is 1.37. The van der Waals surface area contributed by atoms with Gasteiger partial charge < -0.3 is 20.8 Å². The number of hydrogen-bond acceptors (Lipinski definition) is 3. The van der Waals surface area contributed by atoms with Crippen molar-refractivity contribution in [2.75, 3.05) is 13.2 Å². The lowest BCUT2D eigenvalue weighted by Gasteiger charge is -2.30. The minimum atomic E-state index is -0.119. The fraction of sp³-hybridized carbons (Fsp3) is 0.611. The third kappa shape index (κ3) is 3.78. The fourth-order valence-corrected chi connectivity index (χ4v) is 4.26. The van der Waals surface area contributed by atoms with Crippen LogP contribution in [-0.4, -0.2) is 35.4 Å². The van der Waals surface area contributed by atoms with Crippen molar-refractivity contribution in [3.8, 4) is 5.75 Å². The Labute approximate surface area is 137 Å². The normalized spacial score (nSPS) is 28.7. The first-order valence-electron chi connectivity index (χ1n) is 8.60. The molecule has 126 valence electrons. The van der Waals surface area contributed by atoms with Crippen molar-refractivity contribution in [3.05, 3.63) is 29.8 Å². The molecular formula is C18H26N2O3. The van der Waals surface area contributed by atoms with E-state index in [9.17, 15) is 15.0 Å². The standard InChI is InChI=1S/C18H26N2O3/c21-11-16-13-5-6-14(10-13)17(16)20-18(23)19-9-1-2-12-3-7-15(22)8-4-12/h3-4,7-8,13-14,16-17,21-22H,1-2,5-6,9-11H2,(H2,19,20,23). The van der Waals surface area contributed by atoms with Gasteiger partial charge in [0.1, 0.15) is 5.75 Å². The van der Waals surface area contributed by atoms with Gasteiger partial charge in [-0.2, -0.15) is 0 Å².